The first kappa shape index (κ1) is 14.2. The smallest absolute Gasteiger partial charge is 0.352 e. The summed E-state index contributed by atoms with van der Waals surface area (Å²) in [7, 11) is 0. The molecule has 0 amide bonds. The van der Waals surface area contributed by atoms with Crippen LogP contribution in [0.4, 0.5) is 0 Å². The van der Waals surface area contributed by atoms with Crippen molar-refractivity contribution in [3.63, 3.8) is 0 Å². The first-order valence-electron chi connectivity index (χ1n) is 6.62. The normalized spacial score (nSPS) is 22.6. The van der Waals surface area contributed by atoms with E-state index in [1.54, 1.807) is 10.8 Å². The number of ketones is 1. The van der Waals surface area contributed by atoms with Gasteiger partial charge >= 0.3 is 5.97 Å². The van der Waals surface area contributed by atoms with E-state index in [4.69, 9.17) is 0 Å². The molecule has 1 aromatic rings. The van der Waals surface area contributed by atoms with Crippen molar-refractivity contribution in [1.82, 2.24) is 4.57 Å². The van der Waals surface area contributed by atoms with Gasteiger partial charge in [-0.05, 0) is 31.6 Å². The Kier molecular flexibility index (Phi) is 4.34. The number of thioether (sulfide) groups is 1. The van der Waals surface area contributed by atoms with Gasteiger partial charge in [0.05, 0.1) is 0 Å². The Morgan fingerprint density at radius 1 is 1.47 bits per heavy atom. The van der Waals surface area contributed by atoms with E-state index in [0.29, 0.717) is 10.8 Å². The SMILES string of the molecule is CCSC1CCCC1n1cc(C(C)=O)cc1C(=O)O. The molecule has 0 aromatic carbocycles. The number of nitrogens with zero attached hydrogens (tertiary/aromatic N) is 1. The van der Waals surface area contributed by atoms with Gasteiger partial charge in [0.1, 0.15) is 5.69 Å². The van der Waals surface area contributed by atoms with Crippen LogP contribution in [0.5, 0.6) is 0 Å². The van der Waals surface area contributed by atoms with Crippen molar-refractivity contribution >= 4 is 23.5 Å². The van der Waals surface area contributed by atoms with Gasteiger partial charge in [-0.15, -0.1) is 0 Å². The van der Waals surface area contributed by atoms with E-state index in [2.05, 4.69) is 6.92 Å². The second kappa shape index (κ2) is 5.82. The van der Waals surface area contributed by atoms with Crippen LogP contribution in [0, 0.1) is 0 Å². The van der Waals surface area contributed by atoms with Crippen LogP contribution in [-0.4, -0.2) is 32.4 Å². The van der Waals surface area contributed by atoms with Crippen molar-refractivity contribution in [3.8, 4) is 0 Å². The molecule has 0 saturated heterocycles. The first-order chi connectivity index (χ1) is 9.04. The zero-order valence-corrected chi connectivity index (χ0v) is 12.1. The van der Waals surface area contributed by atoms with Crippen molar-refractivity contribution in [1.29, 1.82) is 0 Å². The number of carboxylic acid groups (broad SMARTS) is 1. The van der Waals surface area contributed by atoms with Gasteiger partial charge in [-0.2, -0.15) is 11.8 Å². The van der Waals surface area contributed by atoms with E-state index in [1.165, 1.54) is 13.0 Å². The van der Waals surface area contributed by atoms with Gasteiger partial charge in [0.25, 0.3) is 0 Å². The second-order valence-corrected chi connectivity index (χ2v) is 6.39. The summed E-state index contributed by atoms with van der Waals surface area (Å²) >= 11 is 1.88. The molecule has 2 rings (SSSR count). The van der Waals surface area contributed by atoms with Crippen LogP contribution >= 0.6 is 11.8 Å². The molecule has 1 aliphatic rings. The maximum absolute atomic E-state index is 11.4. The molecule has 2 atom stereocenters. The van der Waals surface area contributed by atoms with Crippen molar-refractivity contribution in [2.24, 2.45) is 0 Å². The fourth-order valence-electron chi connectivity index (χ4n) is 2.75. The Hall–Kier alpha value is -1.23. The summed E-state index contributed by atoms with van der Waals surface area (Å²) in [5.74, 6) is -0.0108. The summed E-state index contributed by atoms with van der Waals surface area (Å²) in [4.78, 5) is 22.8. The summed E-state index contributed by atoms with van der Waals surface area (Å²) in [6, 6.07) is 1.69. The lowest BCUT2D eigenvalue weighted by Gasteiger charge is -2.22. The quantitative estimate of drug-likeness (QED) is 0.842. The Morgan fingerprint density at radius 2 is 2.21 bits per heavy atom. The highest BCUT2D eigenvalue weighted by Crippen LogP contribution is 2.39. The molecular weight excluding hydrogens is 262 g/mol. The molecule has 2 unspecified atom stereocenters. The number of hydrogen-bond donors (Lipinski definition) is 1. The summed E-state index contributed by atoms with van der Waals surface area (Å²) in [6.45, 7) is 3.59. The summed E-state index contributed by atoms with van der Waals surface area (Å²) < 4.78 is 1.80. The van der Waals surface area contributed by atoms with Crippen LogP contribution in [0.2, 0.25) is 0 Å². The Morgan fingerprint density at radius 3 is 2.79 bits per heavy atom. The van der Waals surface area contributed by atoms with E-state index in [-0.39, 0.29) is 17.5 Å². The van der Waals surface area contributed by atoms with Crippen molar-refractivity contribution in [2.75, 3.05) is 5.75 Å². The number of rotatable bonds is 5. The molecule has 0 spiro atoms. The lowest BCUT2D eigenvalue weighted by atomic mass is 10.2. The highest BCUT2D eigenvalue weighted by Gasteiger charge is 2.31. The van der Waals surface area contributed by atoms with E-state index in [1.807, 2.05) is 11.8 Å². The largest absolute Gasteiger partial charge is 0.477 e. The Labute approximate surface area is 117 Å². The molecule has 1 aromatic heterocycles. The Bertz CT molecular complexity index is 495. The molecule has 4 nitrogen and oxygen atoms in total. The standard InChI is InChI=1S/C14H19NO3S/c1-3-19-13-6-4-5-11(13)15-8-10(9(2)16)7-12(15)14(17)18/h7-8,11,13H,3-6H2,1-2H3,(H,17,18). The van der Waals surface area contributed by atoms with Crippen LogP contribution in [0.15, 0.2) is 12.3 Å². The molecular formula is C14H19NO3S. The Balaban J connectivity index is 2.37. The van der Waals surface area contributed by atoms with Crippen LogP contribution in [0.25, 0.3) is 0 Å². The van der Waals surface area contributed by atoms with Crippen molar-refractivity contribution in [2.45, 2.75) is 44.4 Å². The van der Waals surface area contributed by atoms with Gasteiger partial charge in [-0.25, -0.2) is 4.79 Å². The minimum atomic E-state index is -0.959. The summed E-state index contributed by atoms with van der Waals surface area (Å²) in [6.07, 6.45) is 4.94. The van der Waals surface area contributed by atoms with Crippen molar-refractivity contribution < 1.29 is 14.7 Å². The number of aromatic carboxylic acids is 1. The number of carboxylic acids is 1. The van der Waals surface area contributed by atoms with Crippen LogP contribution in [0.3, 0.4) is 0 Å². The fourth-order valence-corrected chi connectivity index (χ4v) is 4.00. The predicted molar refractivity (Wildman–Crippen MR) is 76.2 cm³/mol. The predicted octanol–water partition coefficient (Wildman–Crippen LogP) is 3.24. The topological polar surface area (TPSA) is 59.3 Å². The zero-order chi connectivity index (χ0) is 14.0. The van der Waals surface area contributed by atoms with Crippen LogP contribution in [0.1, 0.15) is 60.0 Å². The van der Waals surface area contributed by atoms with E-state index in [9.17, 15) is 14.7 Å². The number of Topliss-reactive ketones (excluding diaryl/α,β-unsaturated/α-hetero) is 1. The number of hydrogen-bond acceptors (Lipinski definition) is 3. The molecule has 0 radical (unpaired) electrons. The summed E-state index contributed by atoms with van der Waals surface area (Å²) in [5.41, 5.74) is 0.725. The third kappa shape index (κ3) is 2.86. The number of carbonyl (C=O) groups is 2. The van der Waals surface area contributed by atoms with Crippen LogP contribution < -0.4 is 0 Å². The molecule has 0 aliphatic heterocycles. The van der Waals surface area contributed by atoms with Gasteiger partial charge in [0, 0.05) is 23.1 Å². The highest BCUT2D eigenvalue weighted by atomic mass is 32.2. The molecule has 104 valence electrons. The molecule has 1 aliphatic carbocycles. The molecule has 1 heterocycles. The number of carbonyl (C=O) groups excluding carboxylic acids is 1. The van der Waals surface area contributed by atoms with E-state index >= 15 is 0 Å². The molecule has 1 N–H and O–H groups in total. The third-order valence-corrected chi connectivity index (χ3v) is 4.94. The first-order valence-corrected chi connectivity index (χ1v) is 7.67. The number of aromatic nitrogens is 1. The third-order valence-electron chi connectivity index (χ3n) is 3.63. The fraction of sp³-hybridized carbons (Fsp3) is 0.571. The minimum Gasteiger partial charge on any atom is -0.477 e. The highest BCUT2D eigenvalue weighted by molar-refractivity contribution is 7.99. The maximum atomic E-state index is 11.4. The maximum Gasteiger partial charge on any atom is 0.352 e. The van der Waals surface area contributed by atoms with Gasteiger partial charge < -0.3 is 9.67 Å². The van der Waals surface area contributed by atoms with E-state index in [0.717, 1.165) is 25.0 Å². The average molecular weight is 281 g/mol. The molecule has 5 heteroatoms. The van der Waals surface area contributed by atoms with Gasteiger partial charge in [-0.3, -0.25) is 4.79 Å². The van der Waals surface area contributed by atoms with Gasteiger partial charge in [0.15, 0.2) is 5.78 Å². The summed E-state index contributed by atoms with van der Waals surface area (Å²) in [5, 5.41) is 9.75. The minimum absolute atomic E-state index is 0.0843. The lowest BCUT2D eigenvalue weighted by Crippen LogP contribution is -2.19. The van der Waals surface area contributed by atoms with Crippen molar-refractivity contribution in [3.05, 3.63) is 23.5 Å². The molecule has 1 saturated carbocycles. The zero-order valence-electron chi connectivity index (χ0n) is 11.3. The average Bonchev–Trinajstić information content (AvgIpc) is 2.94. The van der Waals surface area contributed by atoms with E-state index < -0.39 is 5.97 Å². The van der Waals surface area contributed by atoms with Crippen LogP contribution in [-0.2, 0) is 0 Å². The van der Waals surface area contributed by atoms with Gasteiger partial charge in [-0.1, -0.05) is 13.3 Å². The second-order valence-electron chi connectivity index (χ2n) is 4.87. The lowest BCUT2D eigenvalue weighted by molar-refractivity contribution is 0.0682. The van der Waals surface area contributed by atoms with Gasteiger partial charge in [0.2, 0.25) is 0 Å². The molecule has 19 heavy (non-hydrogen) atoms. The molecule has 1 fully saturated rings. The monoisotopic (exact) mass is 281 g/mol. The molecule has 0 bridgehead atoms.